The van der Waals surface area contributed by atoms with E-state index in [-0.39, 0.29) is 6.04 Å². The summed E-state index contributed by atoms with van der Waals surface area (Å²) < 4.78 is 34.9. The van der Waals surface area contributed by atoms with Crippen molar-refractivity contribution >= 4 is 39.2 Å². The molecule has 1 saturated heterocycles. The Hall–Kier alpha value is -2.26. The van der Waals surface area contributed by atoms with Gasteiger partial charge in [-0.3, -0.25) is 19.3 Å². The van der Waals surface area contributed by atoms with Crippen molar-refractivity contribution in [3.05, 3.63) is 75.4 Å². The summed E-state index contributed by atoms with van der Waals surface area (Å²) in [6.07, 6.45) is 3.79. The number of rotatable bonds is 6. The van der Waals surface area contributed by atoms with Gasteiger partial charge in [0, 0.05) is 47.9 Å². The summed E-state index contributed by atoms with van der Waals surface area (Å²) in [6, 6.07) is 13.3. The molecule has 2 aliphatic heterocycles. The van der Waals surface area contributed by atoms with Crippen LogP contribution in [-0.2, 0) is 23.2 Å². The standard InChI is InChI=1S/C23H26Cl2N4O3S/c1-32-21-6-2-16(3-7-21)15-29-10-8-19(9-11-29)26-23-14-20(27-33(30,31)28-23)12-17-4-5-18(24)13-22(17)25/h2-7,13-14,19,27H,8-12,15H2,1H3,(H,26,28). The molecule has 0 unspecified atom stereocenters. The average molecular weight is 509 g/mol. The summed E-state index contributed by atoms with van der Waals surface area (Å²) in [5.41, 5.74) is 2.52. The minimum atomic E-state index is -3.72. The van der Waals surface area contributed by atoms with Crippen LogP contribution in [0.3, 0.4) is 0 Å². The second kappa shape index (κ2) is 10.3. The number of nitrogens with zero attached hydrogens (tertiary/aromatic N) is 2. The van der Waals surface area contributed by atoms with E-state index in [1.165, 1.54) is 5.56 Å². The molecule has 7 nitrogen and oxygen atoms in total. The van der Waals surface area contributed by atoms with Crippen molar-refractivity contribution in [1.82, 2.24) is 14.3 Å². The van der Waals surface area contributed by atoms with E-state index in [0.29, 0.717) is 28.0 Å². The lowest BCUT2D eigenvalue weighted by atomic mass is 10.0. The van der Waals surface area contributed by atoms with Crippen LogP contribution in [0.2, 0.25) is 10.0 Å². The molecule has 2 aliphatic rings. The molecule has 4 rings (SSSR count). The molecule has 10 heteroatoms. The van der Waals surface area contributed by atoms with Gasteiger partial charge in [-0.1, -0.05) is 41.4 Å². The number of likely N-dealkylation sites (tertiary alicyclic amines) is 1. The third-order valence-electron chi connectivity index (χ3n) is 5.66. The van der Waals surface area contributed by atoms with E-state index in [1.807, 2.05) is 12.1 Å². The lowest BCUT2D eigenvalue weighted by molar-refractivity contribution is 0.206. The first-order chi connectivity index (χ1) is 15.8. The lowest BCUT2D eigenvalue weighted by Crippen LogP contribution is -2.45. The molecule has 2 aromatic rings. The SMILES string of the molecule is COc1ccc(CN2CCC(N=C3C=C(Cc4ccc(Cl)cc4Cl)NS(=O)(=O)N3)CC2)cc1. The minimum Gasteiger partial charge on any atom is -0.497 e. The summed E-state index contributed by atoms with van der Waals surface area (Å²) in [7, 11) is -2.06. The van der Waals surface area contributed by atoms with Gasteiger partial charge >= 0.3 is 10.2 Å². The molecule has 0 spiro atoms. The number of aliphatic imine (C=N–C) groups is 1. The van der Waals surface area contributed by atoms with Crippen LogP contribution in [0.1, 0.15) is 24.0 Å². The molecule has 33 heavy (non-hydrogen) atoms. The van der Waals surface area contributed by atoms with Gasteiger partial charge in [-0.2, -0.15) is 8.42 Å². The van der Waals surface area contributed by atoms with Crippen LogP contribution in [0.5, 0.6) is 5.75 Å². The Morgan fingerprint density at radius 3 is 2.48 bits per heavy atom. The number of amidine groups is 1. The van der Waals surface area contributed by atoms with E-state index in [9.17, 15) is 8.42 Å². The number of nitrogens with one attached hydrogen (secondary N) is 2. The Bertz CT molecular complexity index is 1160. The van der Waals surface area contributed by atoms with Crippen LogP contribution >= 0.6 is 23.2 Å². The number of allylic oxidation sites excluding steroid dienone is 1. The lowest BCUT2D eigenvalue weighted by Gasteiger charge is -2.31. The van der Waals surface area contributed by atoms with Crippen LogP contribution in [0.25, 0.3) is 0 Å². The number of hydrogen-bond acceptors (Lipinski definition) is 5. The van der Waals surface area contributed by atoms with Crippen molar-refractivity contribution < 1.29 is 13.2 Å². The molecule has 2 heterocycles. The van der Waals surface area contributed by atoms with Crippen LogP contribution < -0.4 is 14.2 Å². The van der Waals surface area contributed by atoms with Gasteiger partial charge in [0.05, 0.1) is 13.2 Å². The van der Waals surface area contributed by atoms with E-state index >= 15 is 0 Å². The highest BCUT2D eigenvalue weighted by molar-refractivity contribution is 7.88. The van der Waals surface area contributed by atoms with Gasteiger partial charge in [0.2, 0.25) is 0 Å². The first-order valence-electron chi connectivity index (χ1n) is 10.7. The van der Waals surface area contributed by atoms with E-state index in [1.54, 1.807) is 31.4 Å². The summed E-state index contributed by atoms with van der Waals surface area (Å²) in [5, 5.41) is 1.02. The molecule has 0 aliphatic carbocycles. The van der Waals surface area contributed by atoms with E-state index in [2.05, 4.69) is 26.5 Å². The molecule has 176 valence electrons. The molecule has 2 N–H and O–H groups in total. The fourth-order valence-corrected chi connectivity index (χ4v) is 5.36. The largest absolute Gasteiger partial charge is 0.497 e. The third-order valence-corrected chi connectivity index (χ3v) is 7.25. The van der Waals surface area contributed by atoms with Gasteiger partial charge in [0.25, 0.3) is 0 Å². The topological polar surface area (TPSA) is 83.0 Å². The smallest absolute Gasteiger partial charge is 0.322 e. The zero-order valence-corrected chi connectivity index (χ0v) is 20.6. The molecule has 0 saturated carbocycles. The van der Waals surface area contributed by atoms with Crippen molar-refractivity contribution in [2.75, 3.05) is 20.2 Å². The van der Waals surface area contributed by atoms with Crippen LogP contribution in [0.15, 0.2) is 59.2 Å². The molecule has 0 aromatic heterocycles. The summed E-state index contributed by atoms with van der Waals surface area (Å²) >= 11 is 12.2. The maximum atomic E-state index is 12.3. The summed E-state index contributed by atoms with van der Waals surface area (Å²) in [6.45, 7) is 2.67. The number of methoxy groups -OCH3 is 1. The van der Waals surface area contributed by atoms with E-state index in [0.717, 1.165) is 43.8 Å². The molecule has 0 atom stereocenters. The Morgan fingerprint density at radius 1 is 1.09 bits per heavy atom. The molecule has 2 aromatic carbocycles. The number of halogens is 2. The minimum absolute atomic E-state index is 0.0598. The van der Waals surface area contributed by atoms with Gasteiger partial charge in [0.15, 0.2) is 0 Å². The van der Waals surface area contributed by atoms with Crippen LogP contribution in [-0.4, -0.2) is 45.4 Å². The first-order valence-corrected chi connectivity index (χ1v) is 12.9. The van der Waals surface area contributed by atoms with Crippen molar-refractivity contribution in [2.45, 2.75) is 31.8 Å². The predicted molar refractivity (Wildman–Crippen MR) is 132 cm³/mol. The van der Waals surface area contributed by atoms with Gasteiger partial charge in [-0.15, -0.1) is 0 Å². The summed E-state index contributed by atoms with van der Waals surface area (Å²) in [5.74, 6) is 1.20. The van der Waals surface area contributed by atoms with Gasteiger partial charge in [0.1, 0.15) is 11.6 Å². The monoisotopic (exact) mass is 508 g/mol. The summed E-state index contributed by atoms with van der Waals surface area (Å²) in [4.78, 5) is 7.08. The molecule has 1 fully saturated rings. The van der Waals surface area contributed by atoms with Crippen LogP contribution in [0, 0.1) is 0 Å². The second-order valence-corrected chi connectivity index (χ2v) is 10.4. The Balaban J connectivity index is 1.39. The second-order valence-electron chi connectivity index (χ2n) is 8.16. The number of ether oxygens (including phenoxy) is 1. The fraction of sp³-hybridized carbons (Fsp3) is 0.348. The number of piperidine rings is 1. The van der Waals surface area contributed by atoms with E-state index in [4.69, 9.17) is 32.9 Å². The molecular formula is C23H26Cl2N4O3S. The Kier molecular flexibility index (Phi) is 7.48. The Labute approximate surface area is 204 Å². The van der Waals surface area contributed by atoms with Gasteiger partial charge in [-0.25, -0.2) is 0 Å². The van der Waals surface area contributed by atoms with Gasteiger partial charge in [-0.05, 0) is 48.2 Å². The van der Waals surface area contributed by atoms with Crippen molar-refractivity contribution in [3.8, 4) is 5.75 Å². The van der Waals surface area contributed by atoms with Crippen molar-refractivity contribution in [1.29, 1.82) is 0 Å². The third kappa shape index (κ3) is 6.63. The zero-order valence-electron chi connectivity index (χ0n) is 18.2. The van der Waals surface area contributed by atoms with Crippen molar-refractivity contribution in [2.24, 2.45) is 4.99 Å². The van der Waals surface area contributed by atoms with Crippen molar-refractivity contribution in [3.63, 3.8) is 0 Å². The number of benzene rings is 2. The number of hydrogen-bond donors (Lipinski definition) is 2. The van der Waals surface area contributed by atoms with Crippen LogP contribution in [0.4, 0.5) is 0 Å². The molecule has 0 amide bonds. The quantitative estimate of drug-likeness (QED) is 0.619. The highest BCUT2D eigenvalue weighted by Crippen LogP contribution is 2.24. The van der Waals surface area contributed by atoms with E-state index < -0.39 is 10.2 Å². The maximum Gasteiger partial charge on any atom is 0.322 e. The predicted octanol–water partition coefficient (Wildman–Crippen LogP) is 3.93. The molecular weight excluding hydrogens is 483 g/mol. The Morgan fingerprint density at radius 2 is 1.82 bits per heavy atom. The molecule has 0 radical (unpaired) electrons. The zero-order chi connectivity index (χ0) is 23.4. The maximum absolute atomic E-state index is 12.3. The van der Waals surface area contributed by atoms with Gasteiger partial charge < -0.3 is 4.74 Å². The first kappa shape index (κ1) is 23.9. The molecule has 0 bridgehead atoms. The average Bonchev–Trinajstić information content (AvgIpc) is 2.76. The fourth-order valence-electron chi connectivity index (χ4n) is 3.97. The highest BCUT2D eigenvalue weighted by atomic mass is 35.5. The highest BCUT2D eigenvalue weighted by Gasteiger charge is 2.24. The normalized spacial score (nSPS) is 20.1.